The number of benzene rings is 1. The van der Waals surface area contributed by atoms with Crippen molar-refractivity contribution in [2.75, 3.05) is 12.5 Å². The second kappa shape index (κ2) is 4.62. The van der Waals surface area contributed by atoms with Gasteiger partial charge in [0.25, 0.3) is 0 Å². The third kappa shape index (κ3) is 1.88. The van der Waals surface area contributed by atoms with Crippen molar-refractivity contribution >= 4 is 16.9 Å². The number of aromatic nitrogens is 3. The van der Waals surface area contributed by atoms with Gasteiger partial charge in [-0.05, 0) is 35.7 Å². The number of ether oxygens (including phenoxy) is 2. The first-order valence-electron chi connectivity index (χ1n) is 7.18. The maximum atomic E-state index is 5.98. The van der Waals surface area contributed by atoms with Gasteiger partial charge in [-0.1, -0.05) is 13.8 Å². The Morgan fingerprint density at radius 1 is 1.18 bits per heavy atom. The van der Waals surface area contributed by atoms with Crippen LogP contribution in [0.1, 0.15) is 25.3 Å². The number of nitrogens with one attached hydrogen (secondary N) is 1. The molecule has 3 heterocycles. The summed E-state index contributed by atoms with van der Waals surface area (Å²) in [5, 5.41) is 7.92. The molecule has 3 N–H and O–H groups in total. The van der Waals surface area contributed by atoms with Crippen LogP contribution in [0.4, 0.5) is 5.82 Å². The zero-order valence-corrected chi connectivity index (χ0v) is 12.4. The standard InChI is InChI=1S/C16H16N4O2/c1-8(2)10-6-11(18-16-14(10)15(17)19-20-16)9-3-4-12-13(5-9)22-7-21-12/h3-6,8H,7H2,1-2H3,(H3,17,18,19,20). The van der Waals surface area contributed by atoms with Crippen LogP contribution in [0.3, 0.4) is 0 Å². The zero-order valence-electron chi connectivity index (χ0n) is 12.4. The number of hydrogen-bond donors (Lipinski definition) is 2. The van der Waals surface area contributed by atoms with E-state index in [0.29, 0.717) is 17.4 Å². The Morgan fingerprint density at radius 2 is 2.00 bits per heavy atom. The monoisotopic (exact) mass is 296 g/mol. The topological polar surface area (TPSA) is 86.0 Å². The molecule has 2 aromatic heterocycles. The second-order valence-corrected chi connectivity index (χ2v) is 5.66. The van der Waals surface area contributed by atoms with Crippen LogP contribution >= 0.6 is 0 Å². The minimum atomic E-state index is 0.262. The molecule has 0 amide bonds. The van der Waals surface area contributed by atoms with Gasteiger partial charge in [-0.25, -0.2) is 4.98 Å². The number of hydrogen-bond acceptors (Lipinski definition) is 5. The normalized spacial score (nSPS) is 13.2. The van der Waals surface area contributed by atoms with E-state index in [1.807, 2.05) is 18.2 Å². The quantitative estimate of drug-likeness (QED) is 0.759. The number of nitrogens with two attached hydrogens (primary N) is 1. The molecule has 1 aromatic carbocycles. The van der Waals surface area contributed by atoms with Crippen molar-refractivity contribution in [1.82, 2.24) is 15.2 Å². The van der Waals surface area contributed by atoms with Gasteiger partial charge in [-0.2, -0.15) is 5.10 Å². The van der Waals surface area contributed by atoms with Crippen LogP contribution < -0.4 is 15.2 Å². The van der Waals surface area contributed by atoms with E-state index in [1.165, 1.54) is 0 Å². The summed E-state index contributed by atoms with van der Waals surface area (Å²) in [7, 11) is 0. The first-order chi connectivity index (χ1) is 10.6. The fraction of sp³-hybridized carbons (Fsp3) is 0.250. The van der Waals surface area contributed by atoms with Gasteiger partial charge in [0.15, 0.2) is 17.1 Å². The Labute approximate surface area is 127 Å². The molecule has 112 valence electrons. The van der Waals surface area contributed by atoms with Gasteiger partial charge in [0.2, 0.25) is 6.79 Å². The van der Waals surface area contributed by atoms with Crippen LogP contribution in [0.25, 0.3) is 22.3 Å². The lowest BCUT2D eigenvalue weighted by molar-refractivity contribution is 0.174. The molecule has 0 spiro atoms. The molecule has 0 bridgehead atoms. The Hall–Kier alpha value is -2.76. The van der Waals surface area contributed by atoms with Crippen molar-refractivity contribution in [3.63, 3.8) is 0 Å². The lowest BCUT2D eigenvalue weighted by atomic mass is 9.98. The van der Waals surface area contributed by atoms with Gasteiger partial charge < -0.3 is 15.2 Å². The highest BCUT2D eigenvalue weighted by Gasteiger charge is 2.18. The smallest absolute Gasteiger partial charge is 0.231 e. The summed E-state index contributed by atoms with van der Waals surface area (Å²) in [6.07, 6.45) is 0. The zero-order chi connectivity index (χ0) is 15.3. The van der Waals surface area contributed by atoms with Crippen molar-refractivity contribution in [2.45, 2.75) is 19.8 Å². The average molecular weight is 296 g/mol. The van der Waals surface area contributed by atoms with Gasteiger partial charge in [-0.3, -0.25) is 5.10 Å². The summed E-state index contributed by atoms with van der Waals surface area (Å²) in [6, 6.07) is 7.88. The lowest BCUT2D eigenvalue weighted by Gasteiger charge is -2.10. The van der Waals surface area contributed by atoms with Crippen LogP contribution in [0.5, 0.6) is 11.5 Å². The number of rotatable bonds is 2. The van der Waals surface area contributed by atoms with E-state index in [0.717, 1.165) is 33.7 Å². The van der Waals surface area contributed by atoms with E-state index in [4.69, 9.17) is 15.2 Å². The molecule has 0 aliphatic carbocycles. The molecule has 3 aromatic rings. The van der Waals surface area contributed by atoms with Crippen LogP contribution in [-0.4, -0.2) is 22.0 Å². The van der Waals surface area contributed by atoms with Crippen molar-refractivity contribution in [3.8, 4) is 22.8 Å². The second-order valence-electron chi connectivity index (χ2n) is 5.66. The van der Waals surface area contributed by atoms with Gasteiger partial charge in [0.1, 0.15) is 5.82 Å². The van der Waals surface area contributed by atoms with Gasteiger partial charge in [-0.15, -0.1) is 0 Å². The number of anilines is 1. The summed E-state index contributed by atoms with van der Waals surface area (Å²) in [4.78, 5) is 4.62. The van der Waals surface area contributed by atoms with Crippen molar-refractivity contribution in [2.24, 2.45) is 0 Å². The van der Waals surface area contributed by atoms with Gasteiger partial charge in [0, 0.05) is 5.56 Å². The van der Waals surface area contributed by atoms with Crippen LogP contribution in [0.2, 0.25) is 0 Å². The molecule has 0 unspecified atom stereocenters. The minimum absolute atomic E-state index is 0.262. The number of aromatic amines is 1. The summed E-state index contributed by atoms with van der Waals surface area (Å²) in [6.45, 7) is 4.52. The van der Waals surface area contributed by atoms with E-state index in [9.17, 15) is 0 Å². The van der Waals surface area contributed by atoms with Crippen molar-refractivity contribution < 1.29 is 9.47 Å². The lowest BCUT2D eigenvalue weighted by Crippen LogP contribution is -1.96. The Balaban J connectivity index is 1.92. The molecule has 0 radical (unpaired) electrons. The third-order valence-corrected chi connectivity index (χ3v) is 3.87. The molecule has 0 saturated heterocycles. The van der Waals surface area contributed by atoms with Crippen molar-refractivity contribution in [3.05, 3.63) is 29.8 Å². The fourth-order valence-corrected chi connectivity index (χ4v) is 2.74. The van der Waals surface area contributed by atoms with Crippen molar-refractivity contribution in [1.29, 1.82) is 0 Å². The summed E-state index contributed by atoms with van der Waals surface area (Å²) in [5.74, 6) is 2.38. The molecule has 1 aliphatic rings. The molecule has 6 heteroatoms. The number of nitrogen functional groups attached to an aromatic ring is 1. The largest absolute Gasteiger partial charge is 0.454 e. The van der Waals surface area contributed by atoms with E-state index in [1.54, 1.807) is 0 Å². The van der Waals surface area contributed by atoms with Crippen LogP contribution in [0, 0.1) is 0 Å². The first-order valence-corrected chi connectivity index (χ1v) is 7.18. The predicted molar refractivity (Wildman–Crippen MR) is 83.9 cm³/mol. The molecule has 6 nitrogen and oxygen atoms in total. The number of H-pyrrole nitrogens is 1. The van der Waals surface area contributed by atoms with Gasteiger partial charge >= 0.3 is 0 Å². The minimum Gasteiger partial charge on any atom is -0.454 e. The Bertz CT molecular complexity index is 870. The van der Waals surface area contributed by atoms with Crippen LogP contribution in [-0.2, 0) is 0 Å². The molecule has 1 aliphatic heterocycles. The number of nitrogens with zero attached hydrogens (tertiary/aromatic N) is 2. The highest BCUT2D eigenvalue weighted by atomic mass is 16.7. The highest BCUT2D eigenvalue weighted by Crippen LogP contribution is 2.37. The first kappa shape index (κ1) is 12.9. The third-order valence-electron chi connectivity index (χ3n) is 3.87. The summed E-state index contributed by atoms with van der Waals surface area (Å²) >= 11 is 0. The van der Waals surface area contributed by atoms with E-state index >= 15 is 0 Å². The molecule has 0 fully saturated rings. The van der Waals surface area contributed by atoms with Crippen LogP contribution in [0.15, 0.2) is 24.3 Å². The Kier molecular flexibility index (Phi) is 2.72. The van der Waals surface area contributed by atoms with E-state index < -0.39 is 0 Å². The molecular weight excluding hydrogens is 280 g/mol. The summed E-state index contributed by atoms with van der Waals surface area (Å²) in [5.41, 5.74) is 9.56. The average Bonchev–Trinajstić information content (AvgIpc) is 3.12. The molecular formula is C16H16N4O2. The highest BCUT2D eigenvalue weighted by molar-refractivity contribution is 5.91. The van der Waals surface area contributed by atoms with E-state index in [-0.39, 0.29) is 6.79 Å². The molecule has 0 atom stereocenters. The molecule has 0 saturated carbocycles. The maximum absolute atomic E-state index is 5.98. The maximum Gasteiger partial charge on any atom is 0.231 e. The number of fused-ring (bicyclic) bond motifs is 2. The SMILES string of the molecule is CC(C)c1cc(-c2ccc3c(c2)OCO3)nc2n[nH]c(N)c12. The summed E-state index contributed by atoms with van der Waals surface area (Å²) < 4.78 is 10.8. The van der Waals surface area contributed by atoms with E-state index in [2.05, 4.69) is 35.1 Å². The fourth-order valence-electron chi connectivity index (χ4n) is 2.74. The van der Waals surface area contributed by atoms with Gasteiger partial charge in [0.05, 0.1) is 11.1 Å². The Morgan fingerprint density at radius 3 is 2.82 bits per heavy atom. The predicted octanol–water partition coefficient (Wildman–Crippen LogP) is 3.06. The molecule has 4 rings (SSSR count). The molecule has 22 heavy (non-hydrogen) atoms. The number of pyridine rings is 1.